The summed E-state index contributed by atoms with van der Waals surface area (Å²) in [6, 6.07) is 7.44. The van der Waals surface area contributed by atoms with E-state index < -0.39 is 0 Å². The van der Waals surface area contributed by atoms with Gasteiger partial charge in [-0.2, -0.15) is 0 Å². The normalized spacial score (nSPS) is 11.8. The van der Waals surface area contributed by atoms with Gasteiger partial charge in [-0.05, 0) is 44.2 Å². The maximum absolute atomic E-state index is 12.4. The largest absolute Gasteiger partial charge is 0.462 e. The number of hydrogen-bond donors (Lipinski definition) is 0. The van der Waals surface area contributed by atoms with Gasteiger partial charge in [0, 0.05) is 5.39 Å². The molecule has 0 amide bonds. The van der Waals surface area contributed by atoms with E-state index in [9.17, 15) is 4.79 Å². The third-order valence-corrected chi connectivity index (χ3v) is 4.48. The van der Waals surface area contributed by atoms with Crippen LogP contribution in [0.25, 0.3) is 11.0 Å². The van der Waals surface area contributed by atoms with Gasteiger partial charge in [0.05, 0.1) is 17.9 Å². The highest BCUT2D eigenvalue weighted by Crippen LogP contribution is 2.32. The van der Waals surface area contributed by atoms with E-state index in [-0.39, 0.29) is 11.5 Å². The van der Waals surface area contributed by atoms with Crippen LogP contribution in [0, 0.1) is 0 Å². The number of rotatable bonds is 5. The second-order valence-corrected chi connectivity index (χ2v) is 7.39. The van der Waals surface area contributed by atoms with Crippen LogP contribution in [0.5, 0.6) is 0 Å². The SMILES string of the molecule is CCOC(=O)c1c(CSc2nnnn2C(C)(C)C)oc2ccccc12. The van der Waals surface area contributed by atoms with Crippen LogP contribution in [0.1, 0.15) is 43.8 Å². The lowest BCUT2D eigenvalue weighted by molar-refractivity contribution is 0.0526. The number of thioether (sulfide) groups is 1. The minimum atomic E-state index is -0.376. The van der Waals surface area contributed by atoms with Crippen LogP contribution in [0.3, 0.4) is 0 Å². The molecule has 8 heteroatoms. The zero-order valence-electron chi connectivity index (χ0n) is 14.6. The summed E-state index contributed by atoms with van der Waals surface area (Å²) in [6.07, 6.45) is 0. The molecule has 3 aromatic rings. The fraction of sp³-hybridized carbons (Fsp3) is 0.412. The van der Waals surface area contributed by atoms with E-state index in [0.29, 0.717) is 34.4 Å². The number of carbonyl (C=O) groups excluding carboxylic acids is 1. The average Bonchev–Trinajstić information content (AvgIpc) is 3.16. The van der Waals surface area contributed by atoms with Crippen molar-refractivity contribution in [3.05, 3.63) is 35.6 Å². The number of aromatic nitrogens is 4. The summed E-state index contributed by atoms with van der Waals surface area (Å²) in [7, 11) is 0. The third kappa shape index (κ3) is 3.53. The molecule has 0 aliphatic carbocycles. The number of nitrogens with zero attached hydrogens (tertiary/aromatic N) is 4. The Balaban J connectivity index is 1.93. The lowest BCUT2D eigenvalue weighted by Crippen LogP contribution is -2.24. The molecule has 2 aromatic heterocycles. The van der Waals surface area contributed by atoms with Crippen LogP contribution in [0.15, 0.2) is 33.8 Å². The Labute approximate surface area is 149 Å². The van der Waals surface area contributed by atoms with Gasteiger partial charge in [0.2, 0.25) is 5.16 Å². The predicted molar refractivity (Wildman–Crippen MR) is 94.5 cm³/mol. The van der Waals surface area contributed by atoms with E-state index in [0.717, 1.165) is 5.39 Å². The monoisotopic (exact) mass is 360 g/mol. The summed E-state index contributed by atoms with van der Waals surface area (Å²) in [5.74, 6) is 0.616. The fourth-order valence-electron chi connectivity index (χ4n) is 2.44. The Hall–Kier alpha value is -2.35. The molecule has 0 fully saturated rings. The lowest BCUT2D eigenvalue weighted by Gasteiger charge is -2.19. The summed E-state index contributed by atoms with van der Waals surface area (Å²) >= 11 is 1.42. The van der Waals surface area contributed by atoms with Gasteiger partial charge in [0.25, 0.3) is 0 Å². The third-order valence-electron chi connectivity index (χ3n) is 3.56. The van der Waals surface area contributed by atoms with Crippen molar-refractivity contribution in [1.29, 1.82) is 0 Å². The second-order valence-electron chi connectivity index (χ2n) is 6.45. The van der Waals surface area contributed by atoms with E-state index in [2.05, 4.69) is 15.5 Å². The average molecular weight is 360 g/mol. The van der Waals surface area contributed by atoms with Crippen molar-refractivity contribution >= 4 is 28.7 Å². The zero-order valence-corrected chi connectivity index (χ0v) is 15.5. The molecule has 3 rings (SSSR count). The summed E-state index contributed by atoms with van der Waals surface area (Å²) in [5, 5.41) is 13.3. The molecule has 25 heavy (non-hydrogen) atoms. The van der Waals surface area contributed by atoms with Crippen molar-refractivity contribution < 1.29 is 13.9 Å². The number of hydrogen-bond acceptors (Lipinski definition) is 7. The molecule has 1 aromatic carbocycles. The number of carbonyl (C=O) groups is 1. The number of para-hydroxylation sites is 1. The Morgan fingerprint density at radius 1 is 1.32 bits per heavy atom. The maximum atomic E-state index is 12.4. The Morgan fingerprint density at radius 3 is 2.80 bits per heavy atom. The van der Waals surface area contributed by atoms with Crippen LogP contribution in [-0.2, 0) is 16.0 Å². The molecule has 7 nitrogen and oxygen atoms in total. The molecule has 0 atom stereocenters. The number of fused-ring (bicyclic) bond motifs is 1. The smallest absolute Gasteiger partial charge is 0.342 e. The van der Waals surface area contributed by atoms with E-state index in [1.807, 2.05) is 45.0 Å². The van der Waals surface area contributed by atoms with E-state index in [4.69, 9.17) is 9.15 Å². The highest BCUT2D eigenvalue weighted by Gasteiger charge is 2.24. The summed E-state index contributed by atoms with van der Waals surface area (Å²) in [6.45, 7) is 8.18. The molecule has 0 N–H and O–H groups in total. The van der Waals surface area contributed by atoms with Crippen molar-refractivity contribution in [2.75, 3.05) is 6.61 Å². The molecule has 0 aliphatic heterocycles. The number of tetrazole rings is 1. The van der Waals surface area contributed by atoms with Crippen molar-refractivity contribution in [3.63, 3.8) is 0 Å². The fourth-order valence-corrected chi connectivity index (χ4v) is 3.44. The number of benzene rings is 1. The van der Waals surface area contributed by atoms with Gasteiger partial charge >= 0.3 is 5.97 Å². The Kier molecular flexibility index (Phi) is 4.80. The molecular weight excluding hydrogens is 340 g/mol. The maximum Gasteiger partial charge on any atom is 0.342 e. The predicted octanol–water partition coefficient (Wildman–Crippen LogP) is 3.64. The topological polar surface area (TPSA) is 83.0 Å². The van der Waals surface area contributed by atoms with Crippen LogP contribution in [0.4, 0.5) is 0 Å². The first-order valence-electron chi connectivity index (χ1n) is 8.01. The van der Waals surface area contributed by atoms with Gasteiger partial charge in [-0.25, -0.2) is 9.48 Å². The molecule has 0 aliphatic rings. The second kappa shape index (κ2) is 6.87. The van der Waals surface area contributed by atoms with Gasteiger partial charge in [-0.15, -0.1) is 5.10 Å². The standard InChI is InChI=1S/C17H20N4O3S/c1-5-23-15(22)14-11-8-6-7-9-12(11)24-13(14)10-25-16-18-19-20-21(16)17(2,3)4/h6-9H,5,10H2,1-4H3. The van der Waals surface area contributed by atoms with Crippen molar-refractivity contribution in [3.8, 4) is 0 Å². The summed E-state index contributed by atoms with van der Waals surface area (Å²) in [4.78, 5) is 12.4. The minimum absolute atomic E-state index is 0.232. The van der Waals surface area contributed by atoms with Gasteiger partial charge in [-0.3, -0.25) is 0 Å². The Morgan fingerprint density at radius 2 is 2.08 bits per heavy atom. The first kappa shape index (κ1) is 17.5. The number of furan rings is 1. The van der Waals surface area contributed by atoms with Crippen molar-refractivity contribution in [2.24, 2.45) is 0 Å². The molecule has 0 radical (unpaired) electrons. The van der Waals surface area contributed by atoms with Gasteiger partial charge in [0.1, 0.15) is 16.9 Å². The molecule has 0 bridgehead atoms. The molecule has 2 heterocycles. The summed E-state index contributed by atoms with van der Waals surface area (Å²) in [5.41, 5.74) is 0.903. The van der Waals surface area contributed by atoms with Crippen molar-refractivity contribution in [2.45, 2.75) is 44.1 Å². The molecule has 0 spiro atoms. The highest BCUT2D eigenvalue weighted by molar-refractivity contribution is 7.98. The van der Waals surface area contributed by atoms with Crippen molar-refractivity contribution in [1.82, 2.24) is 20.2 Å². The summed E-state index contributed by atoms with van der Waals surface area (Å²) < 4.78 is 12.8. The molecule has 0 unspecified atom stereocenters. The van der Waals surface area contributed by atoms with E-state index in [1.54, 1.807) is 11.6 Å². The van der Waals surface area contributed by atoms with Crippen LogP contribution < -0.4 is 0 Å². The number of ether oxygens (including phenoxy) is 1. The van der Waals surface area contributed by atoms with Crippen LogP contribution in [0.2, 0.25) is 0 Å². The van der Waals surface area contributed by atoms with Crippen LogP contribution >= 0.6 is 11.8 Å². The van der Waals surface area contributed by atoms with Gasteiger partial charge in [0.15, 0.2) is 0 Å². The zero-order chi connectivity index (χ0) is 18.0. The lowest BCUT2D eigenvalue weighted by atomic mass is 10.1. The molecular formula is C17H20N4O3S. The van der Waals surface area contributed by atoms with Gasteiger partial charge < -0.3 is 9.15 Å². The molecule has 0 saturated heterocycles. The van der Waals surface area contributed by atoms with Crippen LogP contribution in [-0.4, -0.2) is 32.8 Å². The first-order chi connectivity index (χ1) is 11.9. The first-order valence-corrected chi connectivity index (χ1v) is 8.99. The molecule has 132 valence electrons. The van der Waals surface area contributed by atoms with Gasteiger partial charge in [-0.1, -0.05) is 30.0 Å². The quantitative estimate of drug-likeness (QED) is 0.507. The number of esters is 1. The Bertz CT molecular complexity index is 895. The highest BCUT2D eigenvalue weighted by atomic mass is 32.2. The molecule has 0 saturated carbocycles. The minimum Gasteiger partial charge on any atom is -0.462 e. The van der Waals surface area contributed by atoms with E-state index >= 15 is 0 Å². The van der Waals surface area contributed by atoms with E-state index in [1.165, 1.54) is 11.8 Å².